The minimum atomic E-state index is -0.112. The molecule has 3 heteroatoms. The van der Waals surface area contributed by atoms with Crippen LogP contribution in [0.5, 0.6) is 0 Å². The van der Waals surface area contributed by atoms with Crippen molar-refractivity contribution in [3.63, 3.8) is 0 Å². The van der Waals surface area contributed by atoms with Gasteiger partial charge in [-0.25, -0.2) is 0 Å². The summed E-state index contributed by atoms with van der Waals surface area (Å²) < 4.78 is 19.1. The van der Waals surface area contributed by atoms with Gasteiger partial charge in [-0.05, 0) is 23.6 Å². The molecule has 1 aliphatic rings. The van der Waals surface area contributed by atoms with Gasteiger partial charge in [0.2, 0.25) is 0 Å². The lowest BCUT2D eigenvalue weighted by Gasteiger charge is -2.40. The smallest absolute Gasteiger partial charge is 0.110 e. The van der Waals surface area contributed by atoms with Gasteiger partial charge in [-0.2, -0.15) is 0 Å². The molecule has 1 aliphatic heterocycles. The molecule has 0 radical (unpaired) electrons. The molecule has 0 bridgehead atoms. The maximum atomic E-state index is 6.39. The highest BCUT2D eigenvalue weighted by Crippen LogP contribution is 2.35. The third-order valence-electron chi connectivity index (χ3n) is 5.42. The molecule has 0 spiro atoms. The Kier molecular flexibility index (Phi) is 6.73. The zero-order valence-electron chi connectivity index (χ0n) is 16.8. The SMILES string of the molecule is C[C@@H]1O[C@H](c2ccccc2)C[C@H](OCc2ccccc2)[C@H]1OCc1ccccc1. The van der Waals surface area contributed by atoms with Crippen molar-refractivity contribution in [2.75, 3.05) is 0 Å². The van der Waals surface area contributed by atoms with E-state index < -0.39 is 0 Å². The maximum absolute atomic E-state index is 6.39. The van der Waals surface area contributed by atoms with Crippen molar-refractivity contribution in [2.45, 2.75) is 51.0 Å². The van der Waals surface area contributed by atoms with E-state index in [-0.39, 0.29) is 24.4 Å². The van der Waals surface area contributed by atoms with Crippen molar-refractivity contribution in [3.8, 4) is 0 Å². The van der Waals surface area contributed by atoms with Crippen molar-refractivity contribution in [1.29, 1.82) is 0 Å². The summed E-state index contributed by atoms with van der Waals surface area (Å²) in [7, 11) is 0. The summed E-state index contributed by atoms with van der Waals surface area (Å²) in [5.41, 5.74) is 3.52. The predicted molar refractivity (Wildman–Crippen MR) is 114 cm³/mol. The first-order valence-electron chi connectivity index (χ1n) is 10.3. The van der Waals surface area contributed by atoms with Crippen molar-refractivity contribution >= 4 is 0 Å². The molecule has 4 rings (SSSR count). The molecule has 4 atom stereocenters. The van der Waals surface area contributed by atoms with Crippen LogP contribution in [-0.2, 0) is 27.4 Å². The first kappa shape index (κ1) is 19.8. The second kappa shape index (κ2) is 9.84. The van der Waals surface area contributed by atoms with Crippen LogP contribution in [0, 0.1) is 0 Å². The number of hydrogen-bond donors (Lipinski definition) is 0. The summed E-state index contributed by atoms with van der Waals surface area (Å²) in [6.45, 7) is 3.22. The molecule has 0 N–H and O–H groups in total. The highest BCUT2D eigenvalue weighted by molar-refractivity contribution is 5.19. The molecular formula is C26H28O3. The largest absolute Gasteiger partial charge is 0.371 e. The number of benzene rings is 3. The second-order valence-corrected chi connectivity index (χ2v) is 7.57. The predicted octanol–water partition coefficient (Wildman–Crippen LogP) is 5.71. The molecule has 1 saturated heterocycles. The molecule has 0 aliphatic carbocycles. The monoisotopic (exact) mass is 388 g/mol. The van der Waals surface area contributed by atoms with E-state index >= 15 is 0 Å². The molecule has 0 saturated carbocycles. The van der Waals surface area contributed by atoms with E-state index in [0.29, 0.717) is 13.2 Å². The van der Waals surface area contributed by atoms with Gasteiger partial charge in [0, 0.05) is 6.42 Å². The van der Waals surface area contributed by atoms with E-state index in [4.69, 9.17) is 14.2 Å². The Morgan fingerprint density at radius 1 is 0.724 bits per heavy atom. The third-order valence-corrected chi connectivity index (χ3v) is 5.42. The van der Waals surface area contributed by atoms with Crippen LogP contribution in [0.3, 0.4) is 0 Å². The van der Waals surface area contributed by atoms with Gasteiger partial charge >= 0.3 is 0 Å². The summed E-state index contributed by atoms with van der Waals surface area (Å²) in [5, 5.41) is 0. The summed E-state index contributed by atoms with van der Waals surface area (Å²) in [5.74, 6) is 0. The topological polar surface area (TPSA) is 27.7 Å². The van der Waals surface area contributed by atoms with Crippen LogP contribution in [0.25, 0.3) is 0 Å². The molecule has 1 fully saturated rings. The number of ether oxygens (including phenoxy) is 3. The molecule has 0 aromatic heterocycles. The Hall–Kier alpha value is -2.46. The van der Waals surface area contributed by atoms with Gasteiger partial charge in [-0.1, -0.05) is 91.0 Å². The lowest BCUT2D eigenvalue weighted by molar-refractivity contribution is -0.204. The minimum Gasteiger partial charge on any atom is -0.371 e. The van der Waals surface area contributed by atoms with Crippen molar-refractivity contribution in [3.05, 3.63) is 108 Å². The third kappa shape index (κ3) is 5.33. The highest BCUT2D eigenvalue weighted by Gasteiger charge is 2.38. The first-order chi connectivity index (χ1) is 14.3. The summed E-state index contributed by atoms with van der Waals surface area (Å²) in [6.07, 6.45) is 0.592. The molecule has 3 aromatic carbocycles. The van der Waals surface area contributed by atoms with Gasteiger partial charge in [-0.3, -0.25) is 0 Å². The lowest BCUT2D eigenvalue weighted by Crippen LogP contribution is -2.47. The molecular weight excluding hydrogens is 360 g/mol. The van der Waals surface area contributed by atoms with Gasteiger partial charge in [0.05, 0.1) is 31.5 Å². The fraction of sp³-hybridized carbons (Fsp3) is 0.308. The van der Waals surface area contributed by atoms with Crippen LogP contribution < -0.4 is 0 Å². The zero-order chi connectivity index (χ0) is 19.9. The average Bonchev–Trinajstić information content (AvgIpc) is 2.79. The molecule has 29 heavy (non-hydrogen) atoms. The van der Waals surface area contributed by atoms with Crippen LogP contribution in [-0.4, -0.2) is 18.3 Å². The summed E-state index contributed by atoms with van der Waals surface area (Å²) in [6, 6.07) is 31.0. The first-order valence-corrected chi connectivity index (χ1v) is 10.3. The molecule has 0 unspecified atom stereocenters. The normalized spacial score (nSPS) is 24.3. The van der Waals surface area contributed by atoms with E-state index in [0.717, 1.165) is 12.0 Å². The average molecular weight is 389 g/mol. The fourth-order valence-electron chi connectivity index (χ4n) is 3.87. The number of hydrogen-bond acceptors (Lipinski definition) is 3. The van der Waals surface area contributed by atoms with E-state index in [1.165, 1.54) is 11.1 Å². The highest BCUT2D eigenvalue weighted by atomic mass is 16.6. The fourth-order valence-corrected chi connectivity index (χ4v) is 3.87. The van der Waals surface area contributed by atoms with Crippen LogP contribution in [0.15, 0.2) is 91.0 Å². The Morgan fingerprint density at radius 3 is 1.83 bits per heavy atom. The minimum absolute atomic E-state index is 0.0172. The summed E-state index contributed by atoms with van der Waals surface area (Å²) in [4.78, 5) is 0. The van der Waals surface area contributed by atoms with Crippen LogP contribution >= 0.6 is 0 Å². The molecule has 3 nitrogen and oxygen atoms in total. The quantitative estimate of drug-likeness (QED) is 0.519. The lowest BCUT2D eigenvalue weighted by atomic mass is 9.94. The summed E-state index contributed by atoms with van der Waals surface area (Å²) >= 11 is 0. The second-order valence-electron chi connectivity index (χ2n) is 7.57. The standard InChI is InChI=1S/C26H28O3/c1-20-26(28-19-22-13-7-3-8-14-22)25(27-18-21-11-5-2-6-12-21)17-24(29-20)23-15-9-4-10-16-23/h2-16,20,24-26H,17-19H2,1H3/t20-,24-,25-,26-/m0/s1. The maximum Gasteiger partial charge on any atom is 0.110 e. The molecule has 0 amide bonds. The van der Waals surface area contributed by atoms with Crippen molar-refractivity contribution < 1.29 is 14.2 Å². The molecule has 3 aromatic rings. The Bertz CT molecular complexity index is 851. The van der Waals surface area contributed by atoms with Crippen LogP contribution in [0.1, 0.15) is 36.1 Å². The van der Waals surface area contributed by atoms with E-state index in [2.05, 4.69) is 55.5 Å². The van der Waals surface area contributed by atoms with Gasteiger partial charge in [0.25, 0.3) is 0 Å². The van der Waals surface area contributed by atoms with E-state index in [9.17, 15) is 0 Å². The van der Waals surface area contributed by atoms with Crippen molar-refractivity contribution in [2.24, 2.45) is 0 Å². The van der Waals surface area contributed by atoms with E-state index in [1.807, 2.05) is 42.5 Å². The van der Waals surface area contributed by atoms with Crippen LogP contribution in [0.2, 0.25) is 0 Å². The van der Waals surface area contributed by atoms with Crippen LogP contribution in [0.4, 0.5) is 0 Å². The Labute approximate surface area is 173 Å². The number of rotatable bonds is 7. The van der Waals surface area contributed by atoms with Crippen molar-refractivity contribution in [1.82, 2.24) is 0 Å². The molecule has 1 heterocycles. The van der Waals surface area contributed by atoms with Gasteiger partial charge in [-0.15, -0.1) is 0 Å². The Morgan fingerprint density at radius 2 is 1.24 bits per heavy atom. The van der Waals surface area contributed by atoms with Gasteiger partial charge in [0.1, 0.15) is 6.10 Å². The Balaban J connectivity index is 1.47. The molecule has 150 valence electrons. The van der Waals surface area contributed by atoms with E-state index in [1.54, 1.807) is 0 Å². The van der Waals surface area contributed by atoms with Gasteiger partial charge < -0.3 is 14.2 Å². The van der Waals surface area contributed by atoms with Gasteiger partial charge in [0.15, 0.2) is 0 Å². The zero-order valence-corrected chi connectivity index (χ0v) is 16.8.